The van der Waals surface area contributed by atoms with Crippen molar-refractivity contribution in [3.63, 3.8) is 0 Å². The first-order valence-electron chi connectivity index (χ1n) is 4.23. The SMILES string of the molecule is C=COC(C)=O.OCC(CO)(CO)CO. The van der Waals surface area contributed by atoms with Gasteiger partial charge in [0.1, 0.15) is 0 Å². The first-order valence-corrected chi connectivity index (χ1v) is 4.23. The fourth-order valence-electron chi connectivity index (χ4n) is 0.417. The van der Waals surface area contributed by atoms with E-state index in [-0.39, 0.29) is 5.97 Å². The molecule has 0 rings (SSSR count). The van der Waals surface area contributed by atoms with Crippen LogP contribution in [-0.2, 0) is 9.53 Å². The van der Waals surface area contributed by atoms with Crippen molar-refractivity contribution < 1.29 is 30.0 Å². The minimum atomic E-state index is -1.11. The molecular weight excluding hydrogens is 204 g/mol. The predicted octanol–water partition coefficient (Wildman–Crippen LogP) is -1.37. The fraction of sp³-hybridized carbons (Fsp3) is 0.667. The van der Waals surface area contributed by atoms with Gasteiger partial charge >= 0.3 is 5.97 Å². The Labute approximate surface area is 88.4 Å². The number of aliphatic hydroxyl groups excluding tert-OH is 4. The molecule has 0 bridgehead atoms. The fourth-order valence-corrected chi connectivity index (χ4v) is 0.417. The van der Waals surface area contributed by atoms with Crippen LogP contribution < -0.4 is 0 Å². The average Bonchev–Trinajstić information content (AvgIpc) is 2.23. The quantitative estimate of drug-likeness (QED) is 0.338. The zero-order valence-electron chi connectivity index (χ0n) is 8.72. The highest BCUT2D eigenvalue weighted by molar-refractivity contribution is 5.66. The zero-order valence-corrected chi connectivity index (χ0v) is 8.72. The predicted molar refractivity (Wildman–Crippen MR) is 52.7 cm³/mol. The zero-order chi connectivity index (χ0) is 12.3. The van der Waals surface area contributed by atoms with E-state index in [1.54, 1.807) is 0 Å². The van der Waals surface area contributed by atoms with Gasteiger partial charge < -0.3 is 25.2 Å². The van der Waals surface area contributed by atoms with Gasteiger partial charge in [0.2, 0.25) is 0 Å². The van der Waals surface area contributed by atoms with Gasteiger partial charge in [0, 0.05) is 6.92 Å². The van der Waals surface area contributed by atoms with Gasteiger partial charge in [-0.15, -0.1) is 0 Å². The van der Waals surface area contributed by atoms with E-state index in [1.165, 1.54) is 6.92 Å². The summed E-state index contributed by atoms with van der Waals surface area (Å²) in [5, 5.41) is 34.0. The number of aliphatic hydroxyl groups is 4. The normalized spacial score (nSPS) is 9.93. The molecule has 0 saturated heterocycles. The van der Waals surface area contributed by atoms with E-state index >= 15 is 0 Å². The minimum Gasteiger partial charge on any atom is -0.435 e. The molecule has 0 aromatic carbocycles. The maximum Gasteiger partial charge on any atom is 0.307 e. The lowest BCUT2D eigenvalue weighted by Gasteiger charge is -2.23. The summed E-state index contributed by atoms with van der Waals surface area (Å²) in [4.78, 5) is 9.75. The Bertz CT molecular complexity index is 158. The number of esters is 1. The van der Waals surface area contributed by atoms with E-state index in [0.29, 0.717) is 0 Å². The average molecular weight is 222 g/mol. The third-order valence-electron chi connectivity index (χ3n) is 1.59. The second kappa shape index (κ2) is 9.60. The van der Waals surface area contributed by atoms with Crippen LogP contribution in [0.4, 0.5) is 0 Å². The van der Waals surface area contributed by atoms with Crippen molar-refractivity contribution in [1.29, 1.82) is 0 Å². The molecule has 0 aromatic rings. The number of carbonyl (C=O) groups is 1. The lowest BCUT2D eigenvalue weighted by Crippen LogP contribution is -2.37. The number of carbonyl (C=O) groups excluding carboxylic acids is 1. The summed E-state index contributed by atoms with van der Waals surface area (Å²) >= 11 is 0. The van der Waals surface area contributed by atoms with E-state index in [0.717, 1.165) is 6.26 Å². The highest BCUT2D eigenvalue weighted by Gasteiger charge is 2.26. The number of hydrogen-bond acceptors (Lipinski definition) is 6. The Morgan fingerprint density at radius 2 is 1.53 bits per heavy atom. The third-order valence-corrected chi connectivity index (χ3v) is 1.59. The molecule has 15 heavy (non-hydrogen) atoms. The molecule has 0 aliphatic rings. The van der Waals surface area contributed by atoms with E-state index in [1.807, 2.05) is 0 Å². The van der Waals surface area contributed by atoms with Crippen LogP contribution in [-0.4, -0.2) is 52.8 Å². The second-order valence-corrected chi connectivity index (χ2v) is 2.91. The number of hydrogen-bond donors (Lipinski definition) is 4. The Morgan fingerprint density at radius 3 is 1.53 bits per heavy atom. The van der Waals surface area contributed by atoms with Gasteiger partial charge in [-0.2, -0.15) is 0 Å². The molecule has 0 amide bonds. The first kappa shape index (κ1) is 16.5. The lowest BCUT2D eigenvalue weighted by molar-refractivity contribution is -0.135. The second-order valence-electron chi connectivity index (χ2n) is 2.91. The summed E-state index contributed by atoms with van der Waals surface area (Å²) in [5.74, 6) is -0.329. The van der Waals surface area contributed by atoms with Crippen molar-refractivity contribution in [3.8, 4) is 0 Å². The van der Waals surface area contributed by atoms with Gasteiger partial charge in [-0.1, -0.05) is 6.58 Å². The van der Waals surface area contributed by atoms with Crippen molar-refractivity contribution in [1.82, 2.24) is 0 Å². The maximum atomic E-state index is 9.75. The van der Waals surface area contributed by atoms with E-state index in [9.17, 15) is 4.79 Å². The van der Waals surface area contributed by atoms with Gasteiger partial charge in [0.15, 0.2) is 0 Å². The van der Waals surface area contributed by atoms with Gasteiger partial charge in [-0.3, -0.25) is 4.79 Å². The van der Waals surface area contributed by atoms with Crippen molar-refractivity contribution >= 4 is 5.97 Å². The molecule has 0 atom stereocenters. The van der Waals surface area contributed by atoms with E-state index < -0.39 is 31.8 Å². The van der Waals surface area contributed by atoms with Crippen LogP contribution in [0.1, 0.15) is 6.92 Å². The molecule has 0 aliphatic carbocycles. The van der Waals surface area contributed by atoms with Crippen LogP contribution in [0.5, 0.6) is 0 Å². The van der Waals surface area contributed by atoms with Gasteiger partial charge in [-0.25, -0.2) is 0 Å². The van der Waals surface area contributed by atoms with E-state index in [4.69, 9.17) is 20.4 Å². The molecular formula is C9H18O6. The summed E-state index contributed by atoms with van der Waals surface area (Å²) < 4.78 is 4.17. The van der Waals surface area contributed by atoms with Crippen LogP contribution >= 0.6 is 0 Å². The molecule has 6 heteroatoms. The Kier molecular flexibility index (Phi) is 10.5. The molecule has 0 fully saturated rings. The van der Waals surface area contributed by atoms with Crippen LogP contribution in [0.2, 0.25) is 0 Å². The van der Waals surface area contributed by atoms with Crippen molar-refractivity contribution in [3.05, 3.63) is 12.8 Å². The van der Waals surface area contributed by atoms with Crippen molar-refractivity contribution in [2.75, 3.05) is 26.4 Å². The molecule has 0 radical (unpaired) electrons. The molecule has 0 unspecified atom stereocenters. The van der Waals surface area contributed by atoms with Crippen molar-refractivity contribution in [2.24, 2.45) is 5.41 Å². The van der Waals surface area contributed by atoms with Gasteiger partial charge in [0.05, 0.1) is 38.1 Å². The Hall–Kier alpha value is -0.950. The molecule has 0 aromatic heterocycles. The smallest absolute Gasteiger partial charge is 0.307 e. The summed E-state index contributed by atoms with van der Waals surface area (Å²) in [6.07, 6.45) is 1.10. The number of ether oxygens (including phenoxy) is 1. The highest BCUT2D eigenvalue weighted by Crippen LogP contribution is 2.11. The molecule has 0 spiro atoms. The first-order chi connectivity index (χ1) is 7.01. The van der Waals surface area contributed by atoms with Crippen LogP contribution in [0.15, 0.2) is 12.8 Å². The molecule has 0 aliphatic heterocycles. The molecule has 0 saturated carbocycles. The standard InChI is InChI=1S/C5H12O4.C4H6O2/c6-1-5(2-7,3-8)4-9;1-3-6-4(2)5/h6-9H,1-4H2;3H,1H2,2H3. The Balaban J connectivity index is 0. The summed E-state index contributed by atoms with van der Waals surface area (Å²) in [6, 6.07) is 0. The third kappa shape index (κ3) is 8.07. The lowest BCUT2D eigenvalue weighted by atomic mass is 9.93. The van der Waals surface area contributed by atoms with Crippen LogP contribution in [0.3, 0.4) is 0 Å². The monoisotopic (exact) mass is 222 g/mol. The van der Waals surface area contributed by atoms with E-state index in [2.05, 4.69) is 11.3 Å². The summed E-state index contributed by atoms with van der Waals surface area (Å²) in [6.45, 7) is 2.85. The summed E-state index contributed by atoms with van der Waals surface area (Å²) in [5.41, 5.74) is -1.11. The molecule has 90 valence electrons. The van der Waals surface area contributed by atoms with Crippen LogP contribution in [0, 0.1) is 5.41 Å². The molecule has 6 nitrogen and oxygen atoms in total. The van der Waals surface area contributed by atoms with Gasteiger partial charge in [-0.05, 0) is 0 Å². The van der Waals surface area contributed by atoms with Crippen LogP contribution in [0.25, 0.3) is 0 Å². The summed E-state index contributed by atoms with van der Waals surface area (Å²) in [7, 11) is 0. The minimum absolute atomic E-state index is 0.329. The Morgan fingerprint density at radius 1 is 1.20 bits per heavy atom. The van der Waals surface area contributed by atoms with Crippen molar-refractivity contribution in [2.45, 2.75) is 6.92 Å². The highest BCUT2D eigenvalue weighted by atomic mass is 16.5. The molecule has 0 heterocycles. The largest absolute Gasteiger partial charge is 0.435 e. The van der Waals surface area contributed by atoms with Gasteiger partial charge in [0.25, 0.3) is 0 Å². The maximum absolute atomic E-state index is 9.75. The topological polar surface area (TPSA) is 107 Å². The number of rotatable bonds is 5. The molecule has 4 N–H and O–H groups in total.